The highest BCUT2D eigenvalue weighted by molar-refractivity contribution is 7.90. The van der Waals surface area contributed by atoms with E-state index in [0.29, 0.717) is 33.2 Å². The number of rotatable bonds is 5. The Hall–Kier alpha value is -2.41. The number of hydrogen-bond acceptors (Lipinski definition) is 5. The normalized spacial score (nSPS) is 11.5. The predicted octanol–water partition coefficient (Wildman–Crippen LogP) is 4.18. The second-order valence-electron chi connectivity index (χ2n) is 6.02. The highest BCUT2D eigenvalue weighted by Gasteiger charge is 2.17. The lowest BCUT2D eigenvalue weighted by Gasteiger charge is -2.11. The summed E-state index contributed by atoms with van der Waals surface area (Å²) in [5, 5.41) is 0.554. The fourth-order valence-electron chi connectivity index (χ4n) is 2.70. The molecule has 1 aromatic heterocycles. The van der Waals surface area contributed by atoms with Crippen LogP contribution in [0.2, 0.25) is 5.02 Å². The molecule has 7 heteroatoms. The quantitative estimate of drug-likeness (QED) is 0.637. The Bertz CT molecular complexity index is 1110. The zero-order chi connectivity index (χ0) is 19.6. The summed E-state index contributed by atoms with van der Waals surface area (Å²) in [6, 6.07) is 14.4. The van der Waals surface area contributed by atoms with Crippen LogP contribution in [-0.2, 0) is 21.2 Å². The largest absolute Gasteiger partial charge is 0.458 e. The average Bonchev–Trinajstić information content (AvgIpc) is 2.62. The summed E-state index contributed by atoms with van der Waals surface area (Å²) in [6.45, 7) is 0.143. The second kappa shape index (κ2) is 7.68. The van der Waals surface area contributed by atoms with Gasteiger partial charge >= 0.3 is 0 Å². The zero-order valence-electron chi connectivity index (χ0n) is 14.7. The van der Waals surface area contributed by atoms with Gasteiger partial charge in [-0.15, -0.1) is 0 Å². The fraction of sp³-hybridized carbons (Fsp3) is 0.150. The molecule has 0 unspecified atom stereocenters. The van der Waals surface area contributed by atoms with Crippen LogP contribution in [0.25, 0.3) is 22.5 Å². The summed E-state index contributed by atoms with van der Waals surface area (Å²) >= 11 is 5.95. The van der Waals surface area contributed by atoms with Crippen LogP contribution in [0, 0.1) is 0 Å². The summed E-state index contributed by atoms with van der Waals surface area (Å²) in [4.78, 5) is 13.0. The van der Waals surface area contributed by atoms with Gasteiger partial charge in [0.2, 0.25) is 0 Å². The van der Waals surface area contributed by atoms with Crippen molar-refractivity contribution < 1.29 is 17.6 Å². The van der Waals surface area contributed by atoms with Crippen LogP contribution in [-0.4, -0.2) is 21.8 Å². The monoisotopic (exact) mass is 404 g/mol. The van der Waals surface area contributed by atoms with E-state index in [1.165, 1.54) is 25.3 Å². The van der Waals surface area contributed by atoms with Crippen LogP contribution < -0.4 is 5.43 Å². The van der Waals surface area contributed by atoms with Crippen LogP contribution in [0.15, 0.2) is 68.7 Å². The maximum atomic E-state index is 12.8. The lowest BCUT2D eigenvalue weighted by Crippen LogP contribution is -2.08. The van der Waals surface area contributed by atoms with Gasteiger partial charge in [0.25, 0.3) is 0 Å². The van der Waals surface area contributed by atoms with Crippen molar-refractivity contribution >= 4 is 21.4 Å². The van der Waals surface area contributed by atoms with Gasteiger partial charge in [0.05, 0.1) is 10.5 Å². The summed E-state index contributed by atoms with van der Waals surface area (Å²) in [5.74, 6) is 0.722. The van der Waals surface area contributed by atoms with Gasteiger partial charge in [-0.2, -0.15) is 0 Å². The van der Waals surface area contributed by atoms with Crippen LogP contribution >= 0.6 is 11.6 Å². The molecule has 0 aliphatic rings. The average molecular weight is 405 g/mol. The number of halogens is 1. The van der Waals surface area contributed by atoms with Crippen LogP contribution in [0.1, 0.15) is 5.76 Å². The minimum absolute atomic E-state index is 0.143. The van der Waals surface area contributed by atoms with Crippen molar-refractivity contribution in [1.82, 2.24) is 0 Å². The molecular weight excluding hydrogens is 388 g/mol. The van der Waals surface area contributed by atoms with Crippen molar-refractivity contribution in [2.75, 3.05) is 13.4 Å². The van der Waals surface area contributed by atoms with E-state index in [4.69, 9.17) is 20.8 Å². The second-order valence-corrected chi connectivity index (χ2v) is 8.47. The molecule has 0 bridgehead atoms. The molecule has 0 N–H and O–H groups in total. The van der Waals surface area contributed by atoms with E-state index in [2.05, 4.69) is 0 Å². The van der Waals surface area contributed by atoms with Crippen LogP contribution in [0.4, 0.5) is 0 Å². The molecular formula is C20H17ClO5S. The van der Waals surface area contributed by atoms with E-state index >= 15 is 0 Å². The first-order valence-electron chi connectivity index (χ1n) is 8.02. The van der Waals surface area contributed by atoms with Crippen molar-refractivity contribution in [2.45, 2.75) is 11.5 Å². The van der Waals surface area contributed by atoms with E-state index in [9.17, 15) is 13.2 Å². The lowest BCUT2D eigenvalue weighted by molar-refractivity contribution is 0.163. The molecule has 0 saturated heterocycles. The van der Waals surface area contributed by atoms with Gasteiger partial charge in [-0.05, 0) is 42.0 Å². The maximum absolute atomic E-state index is 12.8. The molecule has 27 heavy (non-hydrogen) atoms. The molecule has 0 saturated carbocycles. The van der Waals surface area contributed by atoms with Crippen molar-refractivity contribution in [3.63, 3.8) is 0 Å². The maximum Gasteiger partial charge on any atom is 0.193 e. The Kier molecular flexibility index (Phi) is 5.51. The third kappa shape index (κ3) is 4.30. The SMILES string of the molecule is COCc1cc(=O)c(-c2ccc(Cl)cc2)c(-c2ccc(S(C)(=O)=O)cc2)o1. The summed E-state index contributed by atoms with van der Waals surface area (Å²) < 4.78 is 34.4. The van der Waals surface area contributed by atoms with E-state index in [1.54, 1.807) is 36.4 Å². The van der Waals surface area contributed by atoms with Gasteiger partial charge in [0.1, 0.15) is 18.1 Å². The van der Waals surface area contributed by atoms with E-state index in [0.717, 1.165) is 6.26 Å². The van der Waals surface area contributed by atoms with Crippen molar-refractivity contribution in [3.05, 3.63) is 75.6 Å². The fourth-order valence-corrected chi connectivity index (χ4v) is 3.46. The minimum Gasteiger partial charge on any atom is -0.458 e. The summed E-state index contributed by atoms with van der Waals surface area (Å²) in [6.07, 6.45) is 1.14. The molecule has 0 amide bonds. The van der Waals surface area contributed by atoms with Crippen LogP contribution in [0.3, 0.4) is 0 Å². The van der Waals surface area contributed by atoms with Gasteiger partial charge in [-0.25, -0.2) is 8.42 Å². The van der Waals surface area contributed by atoms with Gasteiger partial charge in [0, 0.05) is 30.0 Å². The molecule has 3 rings (SSSR count). The summed E-state index contributed by atoms with van der Waals surface area (Å²) in [5.41, 5.74) is 1.39. The highest BCUT2D eigenvalue weighted by Crippen LogP contribution is 2.32. The molecule has 0 aliphatic carbocycles. The number of methoxy groups -OCH3 is 1. The molecule has 0 radical (unpaired) electrons. The Morgan fingerprint density at radius 2 is 1.59 bits per heavy atom. The van der Waals surface area contributed by atoms with Gasteiger partial charge in [-0.3, -0.25) is 4.79 Å². The molecule has 2 aromatic carbocycles. The first-order valence-corrected chi connectivity index (χ1v) is 10.3. The highest BCUT2D eigenvalue weighted by atomic mass is 35.5. The third-order valence-corrected chi connectivity index (χ3v) is 5.34. The van der Waals surface area contributed by atoms with E-state index < -0.39 is 9.84 Å². The topological polar surface area (TPSA) is 73.6 Å². The van der Waals surface area contributed by atoms with Gasteiger partial charge in [0.15, 0.2) is 15.3 Å². The van der Waals surface area contributed by atoms with Gasteiger partial charge in [-0.1, -0.05) is 23.7 Å². The molecule has 1 heterocycles. The Morgan fingerprint density at radius 3 is 2.15 bits per heavy atom. The number of ether oxygens (including phenoxy) is 1. The lowest BCUT2D eigenvalue weighted by atomic mass is 10.00. The van der Waals surface area contributed by atoms with E-state index in [-0.39, 0.29) is 16.9 Å². The van der Waals surface area contributed by atoms with Crippen molar-refractivity contribution in [1.29, 1.82) is 0 Å². The Balaban J connectivity index is 2.22. The summed E-state index contributed by atoms with van der Waals surface area (Å²) in [7, 11) is -1.81. The minimum atomic E-state index is -3.32. The predicted molar refractivity (Wildman–Crippen MR) is 105 cm³/mol. The van der Waals surface area contributed by atoms with Crippen molar-refractivity contribution in [3.8, 4) is 22.5 Å². The van der Waals surface area contributed by atoms with E-state index in [1.807, 2.05) is 0 Å². The molecule has 0 fully saturated rings. The molecule has 3 aromatic rings. The van der Waals surface area contributed by atoms with Gasteiger partial charge < -0.3 is 9.15 Å². The number of hydrogen-bond donors (Lipinski definition) is 0. The number of sulfone groups is 1. The molecule has 0 spiro atoms. The molecule has 5 nitrogen and oxygen atoms in total. The zero-order valence-corrected chi connectivity index (χ0v) is 16.3. The Labute approximate surface area is 162 Å². The van der Waals surface area contributed by atoms with Crippen molar-refractivity contribution in [2.24, 2.45) is 0 Å². The van der Waals surface area contributed by atoms with Crippen LogP contribution in [0.5, 0.6) is 0 Å². The first kappa shape index (κ1) is 19.4. The number of benzene rings is 2. The molecule has 0 atom stereocenters. The molecule has 140 valence electrons. The smallest absolute Gasteiger partial charge is 0.193 e. The molecule has 0 aliphatic heterocycles. The Morgan fingerprint density at radius 1 is 1.00 bits per heavy atom. The third-order valence-electron chi connectivity index (χ3n) is 3.96. The first-order chi connectivity index (χ1) is 12.8. The standard InChI is InChI=1S/C20H17ClO5S/c1-25-12-16-11-18(22)19(13-3-7-15(21)8-4-13)20(26-16)14-5-9-17(10-6-14)27(2,23)24/h3-11H,12H2,1-2H3.